The van der Waals surface area contributed by atoms with Crippen molar-refractivity contribution in [3.8, 4) is 0 Å². The summed E-state index contributed by atoms with van der Waals surface area (Å²) in [6.07, 6.45) is 32.8. The summed E-state index contributed by atoms with van der Waals surface area (Å²) in [5.74, 6) is -0.782. The zero-order valence-corrected chi connectivity index (χ0v) is 33.8. The molecule has 0 heterocycles. The van der Waals surface area contributed by atoms with Gasteiger partial charge < -0.3 is 18.9 Å². The van der Waals surface area contributed by atoms with E-state index in [0.717, 1.165) is 96.3 Å². The fourth-order valence-electron chi connectivity index (χ4n) is 6.57. The summed E-state index contributed by atoms with van der Waals surface area (Å²) in [6.45, 7) is 8.00. The first-order chi connectivity index (χ1) is 24.8. The molecule has 0 aliphatic heterocycles. The number of hydrogen-bond donors (Lipinski definition) is 0. The molecule has 0 amide bonds. The van der Waals surface area contributed by atoms with Crippen LogP contribution in [-0.4, -0.2) is 49.3 Å². The molecule has 0 rings (SSSR count). The number of carbonyl (C=O) groups is 4. The van der Waals surface area contributed by atoms with Crippen molar-refractivity contribution in [2.45, 2.75) is 239 Å². The molecule has 8 heteroatoms. The Kier molecular flexibility index (Phi) is 36.1. The van der Waals surface area contributed by atoms with Crippen LogP contribution in [0.2, 0.25) is 0 Å². The molecule has 0 N–H and O–H groups in total. The maximum atomic E-state index is 12.1. The first-order valence-corrected chi connectivity index (χ1v) is 21.4. The highest BCUT2D eigenvalue weighted by molar-refractivity contribution is 5.69. The van der Waals surface area contributed by atoms with Gasteiger partial charge in [0.1, 0.15) is 12.2 Å². The second kappa shape index (κ2) is 37.6. The van der Waals surface area contributed by atoms with Crippen LogP contribution in [0.4, 0.5) is 0 Å². The van der Waals surface area contributed by atoms with Crippen LogP contribution < -0.4 is 0 Å². The summed E-state index contributed by atoms with van der Waals surface area (Å²) in [5.41, 5.74) is 0. The Morgan fingerprint density at radius 3 is 0.941 bits per heavy atom. The van der Waals surface area contributed by atoms with E-state index in [1.807, 2.05) is 0 Å². The Morgan fingerprint density at radius 1 is 0.373 bits per heavy atom. The minimum absolute atomic E-state index is 0.00935. The van der Waals surface area contributed by atoms with Crippen LogP contribution in [-0.2, 0) is 38.1 Å². The normalized spacial score (nSPS) is 12.3. The summed E-state index contributed by atoms with van der Waals surface area (Å²) in [4.78, 5) is 47.1. The third-order valence-electron chi connectivity index (χ3n) is 9.55. The molecule has 51 heavy (non-hydrogen) atoms. The average Bonchev–Trinajstić information content (AvgIpc) is 3.09. The van der Waals surface area contributed by atoms with E-state index in [-0.39, 0.29) is 49.3 Å². The molecule has 0 fully saturated rings. The molecule has 2 unspecified atom stereocenters. The van der Waals surface area contributed by atoms with Gasteiger partial charge in [0.05, 0.1) is 13.2 Å². The highest BCUT2D eigenvalue weighted by Crippen LogP contribution is 2.19. The fraction of sp³-hybridized carbons (Fsp3) is 0.907. The number of unbranched alkanes of at least 4 members (excludes halogenated alkanes) is 20. The molecule has 0 radical (unpaired) electrons. The third kappa shape index (κ3) is 37.4. The van der Waals surface area contributed by atoms with Gasteiger partial charge in [0.15, 0.2) is 0 Å². The fourth-order valence-corrected chi connectivity index (χ4v) is 6.57. The van der Waals surface area contributed by atoms with Crippen LogP contribution in [0.5, 0.6) is 0 Å². The SMILES string of the molecule is CCCCCCCCCCC(CCCCCCC(=O)OCCCOC(=O)CCCCCCCC(CCCCCCCCC)OC(C)=O)OC(C)=O. The van der Waals surface area contributed by atoms with Gasteiger partial charge >= 0.3 is 23.9 Å². The zero-order chi connectivity index (χ0) is 37.6. The summed E-state index contributed by atoms with van der Waals surface area (Å²) in [5, 5.41) is 0. The highest BCUT2D eigenvalue weighted by atomic mass is 16.6. The molecule has 300 valence electrons. The van der Waals surface area contributed by atoms with E-state index in [0.29, 0.717) is 19.3 Å². The number of carbonyl (C=O) groups excluding carboxylic acids is 4. The van der Waals surface area contributed by atoms with Gasteiger partial charge in [-0.1, -0.05) is 129 Å². The van der Waals surface area contributed by atoms with Crippen molar-refractivity contribution in [2.24, 2.45) is 0 Å². The molecule has 0 saturated heterocycles. The Morgan fingerprint density at radius 2 is 0.647 bits per heavy atom. The number of rotatable bonds is 38. The molecule has 8 nitrogen and oxygen atoms in total. The Labute approximate surface area is 313 Å². The highest BCUT2D eigenvalue weighted by Gasteiger charge is 2.13. The lowest BCUT2D eigenvalue weighted by molar-refractivity contribution is -0.148. The van der Waals surface area contributed by atoms with E-state index < -0.39 is 0 Å². The largest absolute Gasteiger partial charge is 0.466 e. The van der Waals surface area contributed by atoms with Gasteiger partial charge in [0.2, 0.25) is 0 Å². The van der Waals surface area contributed by atoms with E-state index in [1.54, 1.807) is 0 Å². The van der Waals surface area contributed by atoms with E-state index >= 15 is 0 Å². The summed E-state index contributed by atoms with van der Waals surface area (Å²) >= 11 is 0. The number of ether oxygens (including phenoxy) is 4. The van der Waals surface area contributed by atoms with Crippen LogP contribution in [0.25, 0.3) is 0 Å². The van der Waals surface area contributed by atoms with Gasteiger partial charge in [-0.3, -0.25) is 19.2 Å². The Bertz CT molecular complexity index is 829. The summed E-state index contributed by atoms with van der Waals surface area (Å²) < 4.78 is 21.7. The van der Waals surface area contributed by atoms with Crippen molar-refractivity contribution < 1.29 is 38.1 Å². The second-order valence-electron chi connectivity index (χ2n) is 14.7. The molecule has 0 aromatic rings. The zero-order valence-electron chi connectivity index (χ0n) is 33.8. The molecule has 0 bridgehead atoms. The van der Waals surface area contributed by atoms with Crippen molar-refractivity contribution in [1.29, 1.82) is 0 Å². The van der Waals surface area contributed by atoms with E-state index in [9.17, 15) is 19.2 Å². The van der Waals surface area contributed by atoms with Gasteiger partial charge in [-0.05, 0) is 64.2 Å². The van der Waals surface area contributed by atoms with Gasteiger partial charge in [-0.15, -0.1) is 0 Å². The first-order valence-electron chi connectivity index (χ1n) is 21.4. The van der Waals surface area contributed by atoms with Crippen molar-refractivity contribution in [3.63, 3.8) is 0 Å². The third-order valence-corrected chi connectivity index (χ3v) is 9.55. The van der Waals surface area contributed by atoms with E-state index in [1.165, 1.54) is 97.3 Å². The second-order valence-corrected chi connectivity index (χ2v) is 14.7. The van der Waals surface area contributed by atoms with Crippen molar-refractivity contribution in [2.75, 3.05) is 13.2 Å². The van der Waals surface area contributed by atoms with E-state index in [4.69, 9.17) is 18.9 Å². The van der Waals surface area contributed by atoms with Gasteiger partial charge in [0.25, 0.3) is 0 Å². The maximum Gasteiger partial charge on any atom is 0.305 e. The molecule has 0 aromatic carbocycles. The molecule has 0 aliphatic rings. The van der Waals surface area contributed by atoms with Crippen molar-refractivity contribution in [1.82, 2.24) is 0 Å². The van der Waals surface area contributed by atoms with Crippen molar-refractivity contribution >= 4 is 23.9 Å². The minimum Gasteiger partial charge on any atom is -0.466 e. The van der Waals surface area contributed by atoms with Gasteiger partial charge in [0, 0.05) is 33.1 Å². The topological polar surface area (TPSA) is 105 Å². The molecular formula is C43H80O8. The van der Waals surface area contributed by atoms with Crippen LogP contribution in [0.15, 0.2) is 0 Å². The van der Waals surface area contributed by atoms with Gasteiger partial charge in [-0.25, -0.2) is 0 Å². The molecule has 0 aromatic heterocycles. The minimum atomic E-state index is -0.203. The Balaban J connectivity index is 3.75. The maximum absolute atomic E-state index is 12.1. The smallest absolute Gasteiger partial charge is 0.305 e. The summed E-state index contributed by atoms with van der Waals surface area (Å²) in [7, 11) is 0. The lowest BCUT2D eigenvalue weighted by Crippen LogP contribution is -2.16. The molecular weight excluding hydrogens is 644 g/mol. The quantitative estimate of drug-likeness (QED) is 0.0352. The van der Waals surface area contributed by atoms with Crippen molar-refractivity contribution in [3.05, 3.63) is 0 Å². The molecule has 0 aliphatic carbocycles. The first kappa shape index (κ1) is 48.9. The Hall–Kier alpha value is -2.12. The van der Waals surface area contributed by atoms with Crippen LogP contribution in [0, 0.1) is 0 Å². The number of esters is 4. The van der Waals surface area contributed by atoms with Gasteiger partial charge in [-0.2, -0.15) is 0 Å². The van der Waals surface area contributed by atoms with Crippen LogP contribution in [0.3, 0.4) is 0 Å². The van der Waals surface area contributed by atoms with Crippen LogP contribution >= 0.6 is 0 Å². The lowest BCUT2D eigenvalue weighted by atomic mass is 10.0. The number of hydrogen-bond acceptors (Lipinski definition) is 8. The average molecular weight is 725 g/mol. The standard InChI is InChI=1S/C43H80O8/c1-5-7-9-11-13-15-18-24-31-41(51-39(4)45)33-26-21-22-28-35-43(47)49-37-29-36-48-42(46)34-27-20-16-19-25-32-40(50-38(3)44)30-23-17-14-12-10-8-6-2/h40-41H,5-37H2,1-4H3. The van der Waals surface area contributed by atoms with Crippen LogP contribution in [0.1, 0.15) is 227 Å². The monoisotopic (exact) mass is 725 g/mol. The molecule has 0 saturated carbocycles. The summed E-state index contributed by atoms with van der Waals surface area (Å²) in [6, 6.07) is 0. The molecule has 0 spiro atoms. The molecule has 2 atom stereocenters. The lowest BCUT2D eigenvalue weighted by Gasteiger charge is -2.17. The predicted octanol–water partition coefficient (Wildman–Crippen LogP) is 12.1. The van der Waals surface area contributed by atoms with E-state index in [2.05, 4.69) is 13.8 Å². The predicted molar refractivity (Wildman–Crippen MR) is 208 cm³/mol.